The van der Waals surface area contributed by atoms with Gasteiger partial charge in [-0.3, -0.25) is 14.3 Å². The summed E-state index contributed by atoms with van der Waals surface area (Å²) >= 11 is 1.38. The number of nitrogens with zero attached hydrogens (tertiary/aromatic N) is 4. The molecular weight excluding hydrogens is 316 g/mol. The number of aryl methyl sites for hydroxylation is 1. The highest BCUT2D eigenvalue weighted by Gasteiger charge is 2.21. The van der Waals surface area contributed by atoms with Crippen molar-refractivity contribution in [2.24, 2.45) is 7.05 Å². The number of hydrogen-bond acceptors (Lipinski definition) is 6. The van der Waals surface area contributed by atoms with E-state index in [4.69, 9.17) is 4.74 Å². The van der Waals surface area contributed by atoms with E-state index in [1.807, 2.05) is 20.2 Å². The van der Waals surface area contributed by atoms with Crippen molar-refractivity contribution in [1.29, 1.82) is 0 Å². The van der Waals surface area contributed by atoms with Gasteiger partial charge in [0.25, 0.3) is 5.91 Å². The molecule has 0 spiro atoms. The first kappa shape index (κ1) is 17.1. The summed E-state index contributed by atoms with van der Waals surface area (Å²) in [6.45, 7) is 4.42. The van der Waals surface area contributed by atoms with Gasteiger partial charge in [-0.1, -0.05) is 6.92 Å². The van der Waals surface area contributed by atoms with E-state index >= 15 is 0 Å². The molecule has 2 rings (SSSR count). The van der Waals surface area contributed by atoms with E-state index in [0.717, 1.165) is 17.0 Å². The zero-order valence-electron chi connectivity index (χ0n) is 13.5. The molecule has 0 bridgehead atoms. The molecule has 0 N–H and O–H groups in total. The molecule has 2 heterocycles. The third-order valence-electron chi connectivity index (χ3n) is 3.08. The minimum atomic E-state index is -0.406. The lowest BCUT2D eigenvalue weighted by Gasteiger charge is -2.19. The Bertz CT molecular complexity index is 680. The third kappa shape index (κ3) is 4.38. The summed E-state index contributed by atoms with van der Waals surface area (Å²) in [6, 6.07) is 0. The van der Waals surface area contributed by atoms with Crippen molar-refractivity contribution >= 4 is 23.2 Å². The number of carbonyl (C=O) groups excluding carboxylic acids is 2. The van der Waals surface area contributed by atoms with Gasteiger partial charge in [0.1, 0.15) is 17.2 Å². The van der Waals surface area contributed by atoms with E-state index in [0.29, 0.717) is 18.8 Å². The van der Waals surface area contributed by atoms with E-state index < -0.39 is 5.97 Å². The molecule has 23 heavy (non-hydrogen) atoms. The summed E-state index contributed by atoms with van der Waals surface area (Å²) in [4.78, 5) is 30.1. The number of amides is 1. The maximum absolute atomic E-state index is 12.6. The molecular formula is C15H20N4O3S. The van der Waals surface area contributed by atoms with Gasteiger partial charge in [0.05, 0.1) is 12.8 Å². The lowest BCUT2D eigenvalue weighted by molar-refractivity contribution is -0.143. The first-order valence-corrected chi connectivity index (χ1v) is 8.32. The van der Waals surface area contributed by atoms with E-state index in [-0.39, 0.29) is 12.5 Å². The zero-order chi connectivity index (χ0) is 16.8. The number of carbonyl (C=O) groups is 2. The fourth-order valence-electron chi connectivity index (χ4n) is 2.08. The second-order valence-corrected chi connectivity index (χ2v) is 5.83. The predicted octanol–water partition coefficient (Wildman–Crippen LogP) is 1.96. The molecule has 0 fully saturated rings. The summed E-state index contributed by atoms with van der Waals surface area (Å²) in [5.41, 5.74) is 1.20. The van der Waals surface area contributed by atoms with Crippen molar-refractivity contribution in [3.8, 4) is 10.6 Å². The highest BCUT2D eigenvalue weighted by molar-refractivity contribution is 7.13. The molecule has 1 amide bonds. The fraction of sp³-hybridized carbons (Fsp3) is 0.467. The molecule has 0 saturated heterocycles. The largest absolute Gasteiger partial charge is 0.465 e. The van der Waals surface area contributed by atoms with Gasteiger partial charge in [0.2, 0.25) is 0 Å². The van der Waals surface area contributed by atoms with Crippen LogP contribution in [0.5, 0.6) is 0 Å². The Morgan fingerprint density at radius 3 is 2.78 bits per heavy atom. The van der Waals surface area contributed by atoms with Crippen LogP contribution in [0.1, 0.15) is 30.8 Å². The zero-order valence-corrected chi connectivity index (χ0v) is 14.3. The molecule has 7 nitrogen and oxygen atoms in total. The van der Waals surface area contributed by atoms with Crippen LogP contribution in [0.25, 0.3) is 10.6 Å². The van der Waals surface area contributed by atoms with E-state index in [1.54, 1.807) is 23.2 Å². The third-order valence-corrected chi connectivity index (χ3v) is 3.97. The number of aromatic nitrogens is 3. The van der Waals surface area contributed by atoms with E-state index in [1.165, 1.54) is 16.2 Å². The highest BCUT2D eigenvalue weighted by atomic mass is 32.1. The van der Waals surface area contributed by atoms with Gasteiger partial charge in [-0.25, -0.2) is 4.98 Å². The molecule has 2 aromatic rings. The van der Waals surface area contributed by atoms with Gasteiger partial charge in [-0.05, 0) is 13.3 Å². The van der Waals surface area contributed by atoms with E-state index in [9.17, 15) is 9.59 Å². The Kier molecular flexibility index (Phi) is 5.86. The summed E-state index contributed by atoms with van der Waals surface area (Å²) in [6.07, 6.45) is 4.30. The summed E-state index contributed by atoms with van der Waals surface area (Å²) in [7, 11) is 1.82. The Morgan fingerprint density at radius 1 is 1.39 bits per heavy atom. The van der Waals surface area contributed by atoms with Crippen molar-refractivity contribution in [1.82, 2.24) is 19.7 Å². The van der Waals surface area contributed by atoms with Crippen molar-refractivity contribution in [2.75, 3.05) is 19.7 Å². The average Bonchev–Trinajstić information content (AvgIpc) is 3.15. The monoisotopic (exact) mass is 336 g/mol. The van der Waals surface area contributed by atoms with Gasteiger partial charge < -0.3 is 9.64 Å². The lowest BCUT2D eigenvalue weighted by atomic mass is 10.3. The molecule has 0 atom stereocenters. The molecule has 2 aromatic heterocycles. The molecule has 124 valence electrons. The second kappa shape index (κ2) is 7.87. The summed E-state index contributed by atoms with van der Waals surface area (Å²) < 4.78 is 6.60. The maximum atomic E-state index is 12.6. The molecule has 0 aliphatic heterocycles. The molecule has 0 unspecified atom stereocenters. The summed E-state index contributed by atoms with van der Waals surface area (Å²) in [5.74, 6) is -0.664. The number of esters is 1. The van der Waals surface area contributed by atoms with Gasteiger partial charge in [-0.2, -0.15) is 5.10 Å². The predicted molar refractivity (Wildman–Crippen MR) is 87.1 cm³/mol. The van der Waals surface area contributed by atoms with Crippen LogP contribution in [0.3, 0.4) is 0 Å². The van der Waals surface area contributed by atoms with E-state index in [2.05, 4.69) is 10.1 Å². The molecule has 8 heteroatoms. The number of rotatable bonds is 7. The normalized spacial score (nSPS) is 10.6. The second-order valence-electron chi connectivity index (χ2n) is 4.97. The Balaban J connectivity index is 2.13. The molecule has 0 saturated carbocycles. The SMILES string of the molecule is CCCN(CC(=O)OCC)C(=O)c1csc(-c2cnn(C)c2)n1. The standard InChI is InChI=1S/C15H20N4O3S/c1-4-6-19(9-13(20)22-5-2)15(21)12-10-23-14(17-12)11-7-16-18(3)8-11/h7-8,10H,4-6,9H2,1-3H3. The topological polar surface area (TPSA) is 77.3 Å². The number of hydrogen-bond donors (Lipinski definition) is 0. The van der Waals surface area contributed by atoms with Crippen LogP contribution in [0, 0.1) is 0 Å². The van der Waals surface area contributed by atoms with Crippen molar-refractivity contribution < 1.29 is 14.3 Å². The van der Waals surface area contributed by atoms with Crippen LogP contribution >= 0.6 is 11.3 Å². The van der Waals surface area contributed by atoms with Crippen LogP contribution in [0.15, 0.2) is 17.8 Å². The molecule has 0 aliphatic carbocycles. The minimum Gasteiger partial charge on any atom is -0.465 e. The first-order valence-electron chi connectivity index (χ1n) is 7.44. The van der Waals surface area contributed by atoms with Crippen molar-refractivity contribution in [3.63, 3.8) is 0 Å². The van der Waals surface area contributed by atoms with Gasteiger partial charge in [0.15, 0.2) is 0 Å². The molecule has 0 radical (unpaired) electrons. The molecule has 0 aliphatic rings. The average molecular weight is 336 g/mol. The number of thiazole rings is 1. The van der Waals surface area contributed by atoms with Crippen LogP contribution in [-0.2, 0) is 16.6 Å². The lowest BCUT2D eigenvalue weighted by Crippen LogP contribution is -2.37. The van der Waals surface area contributed by atoms with Gasteiger partial charge >= 0.3 is 5.97 Å². The van der Waals surface area contributed by atoms with Gasteiger partial charge in [-0.15, -0.1) is 11.3 Å². The van der Waals surface area contributed by atoms with Crippen LogP contribution in [-0.4, -0.2) is 51.2 Å². The minimum absolute atomic E-state index is 0.0553. The molecule has 0 aromatic carbocycles. The first-order chi connectivity index (χ1) is 11.0. The maximum Gasteiger partial charge on any atom is 0.325 e. The van der Waals surface area contributed by atoms with Crippen LogP contribution < -0.4 is 0 Å². The van der Waals surface area contributed by atoms with Crippen LogP contribution in [0.4, 0.5) is 0 Å². The Labute approximate surface area is 138 Å². The smallest absolute Gasteiger partial charge is 0.325 e. The van der Waals surface area contributed by atoms with Crippen LogP contribution in [0.2, 0.25) is 0 Å². The highest BCUT2D eigenvalue weighted by Crippen LogP contribution is 2.23. The van der Waals surface area contributed by atoms with Crippen molar-refractivity contribution in [2.45, 2.75) is 20.3 Å². The van der Waals surface area contributed by atoms with Gasteiger partial charge in [0, 0.05) is 30.7 Å². The Hall–Kier alpha value is -2.22. The Morgan fingerprint density at radius 2 is 2.17 bits per heavy atom. The number of ether oxygens (including phenoxy) is 1. The van der Waals surface area contributed by atoms with Crippen molar-refractivity contribution in [3.05, 3.63) is 23.5 Å². The quantitative estimate of drug-likeness (QED) is 0.722. The summed E-state index contributed by atoms with van der Waals surface area (Å²) in [5, 5.41) is 6.54. The fourth-order valence-corrected chi connectivity index (χ4v) is 2.85.